The summed E-state index contributed by atoms with van der Waals surface area (Å²) < 4.78 is 0. The minimum absolute atomic E-state index is 0.151. The quantitative estimate of drug-likeness (QED) is 0.861. The average molecular weight is 334 g/mol. The van der Waals surface area contributed by atoms with E-state index in [1.165, 1.54) is 11.1 Å². The lowest BCUT2D eigenvalue weighted by atomic mass is 9.88. The lowest BCUT2D eigenvalue weighted by molar-refractivity contribution is -0.128. The second-order valence-corrected chi connectivity index (χ2v) is 6.75. The Kier molecular flexibility index (Phi) is 5.67. The molecule has 1 fully saturated rings. The van der Waals surface area contributed by atoms with Crippen LogP contribution in [-0.2, 0) is 11.3 Å². The number of nitrogens with two attached hydrogens (primary N) is 1. The van der Waals surface area contributed by atoms with Crippen LogP contribution in [0, 0.1) is 0 Å². The van der Waals surface area contributed by atoms with E-state index in [2.05, 4.69) is 24.3 Å². The van der Waals surface area contributed by atoms with E-state index in [0.717, 1.165) is 37.1 Å². The number of carbonyl (C=O) groups is 1. The number of amides is 1. The first-order chi connectivity index (χ1) is 12.2. The Morgan fingerprint density at radius 1 is 1.12 bits per heavy atom. The molecule has 0 bridgehead atoms. The third-order valence-electron chi connectivity index (χ3n) is 4.96. The number of likely N-dealkylation sites (tertiary alicyclic amines) is 1. The fourth-order valence-corrected chi connectivity index (χ4v) is 3.50. The Hall–Kier alpha value is -2.39. The molecule has 1 saturated heterocycles. The molecule has 2 aromatic carbocycles. The van der Waals surface area contributed by atoms with Gasteiger partial charge in [0.15, 0.2) is 0 Å². The zero-order valence-electron chi connectivity index (χ0n) is 14.8. The summed E-state index contributed by atoms with van der Waals surface area (Å²) in [6.45, 7) is 4.12. The second-order valence-electron chi connectivity index (χ2n) is 6.75. The van der Waals surface area contributed by atoms with Crippen LogP contribution in [0.1, 0.15) is 42.4 Å². The van der Waals surface area contributed by atoms with Crippen molar-refractivity contribution in [1.29, 1.82) is 0 Å². The molecule has 0 spiro atoms. The highest BCUT2D eigenvalue weighted by Gasteiger charge is 2.24. The zero-order valence-corrected chi connectivity index (χ0v) is 14.8. The lowest BCUT2D eigenvalue weighted by Gasteiger charge is -2.32. The molecule has 1 aliphatic rings. The lowest BCUT2D eigenvalue weighted by Crippen LogP contribution is -2.38. The van der Waals surface area contributed by atoms with Crippen LogP contribution in [0.4, 0.5) is 0 Å². The fourth-order valence-electron chi connectivity index (χ4n) is 3.50. The molecule has 0 atom stereocenters. The number of nitrogens with zero attached hydrogens (tertiary/aromatic N) is 1. The van der Waals surface area contributed by atoms with Crippen LogP contribution in [0.25, 0.3) is 6.08 Å². The Morgan fingerprint density at radius 2 is 1.84 bits per heavy atom. The first kappa shape index (κ1) is 17.4. The van der Waals surface area contributed by atoms with Gasteiger partial charge in [-0.15, -0.1) is 0 Å². The Morgan fingerprint density at radius 3 is 2.52 bits per heavy atom. The molecule has 0 radical (unpaired) electrons. The minimum atomic E-state index is 0.151. The van der Waals surface area contributed by atoms with Crippen LogP contribution >= 0.6 is 0 Å². The molecule has 2 aromatic rings. The second kappa shape index (κ2) is 8.13. The van der Waals surface area contributed by atoms with Crippen LogP contribution in [0.3, 0.4) is 0 Å². The van der Waals surface area contributed by atoms with Crippen molar-refractivity contribution in [1.82, 2.24) is 4.90 Å². The Balaban J connectivity index is 1.61. The van der Waals surface area contributed by atoms with Gasteiger partial charge >= 0.3 is 0 Å². The van der Waals surface area contributed by atoms with Gasteiger partial charge in [0, 0.05) is 25.2 Å². The molecule has 0 saturated carbocycles. The van der Waals surface area contributed by atoms with Crippen molar-refractivity contribution in [2.45, 2.75) is 32.2 Å². The predicted molar refractivity (Wildman–Crippen MR) is 103 cm³/mol. The monoisotopic (exact) mass is 334 g/mol. The normalized spacial score (nSPS) is 16.1. The molecule has 0 aromatic heterocycles. The molecule has 3 rings (SSSR count). The standard InChI is InChI=1S/C22H26N2O/c1-17(14-18-6-3-2-4-7-18)22(25)24-12-10-20(11-13-24)21-9-5-8-19(15-21)16-23/h2-9,14-15,20H,10-13,16,23H2,1H3/b17-14+. The first-order valence-corrected chi connectivity index (χ1v) is 8.99. The third-order valence-corrected chi connectivity index (χ3v) is 4.96. The summed E-state index contributed by atoms with van der Waals surface area (Å²) in [5.41, 5.74) is 10.2. The summed E-state index contributed by atoms with van der Waals surface area (Å²) in [6, 6.07) is 18.6. The van der Waals surface area contributed by atoms with Gasteiger partial charge in [-0.05, 0) is 48.4 Å². The molecule has 3 nitrogen and oxygen atoms in total. The fraction of sp³-hybridized carbons (Fsp3) is 0.318. The smallest absolute Gasteiger partial charge is 0.249 e. The van der Waals surface area contributed by atoms with E-state index in [1.54, 1.807) is 0 Å². The molecular formula is C22H26N2O. The number of benzene rings is 2. The van der Waals surface area contributed by atoms with E-state index in [4.69, 9.17) is 5.73 Å². The Bertz CT molecular complexity index is 744. The van der Waals surface area contributed by atoms with Crippen molar-refractivity contribution in [2.24, 2.45) is 5.73 Å². The van der Waals surface area contributed by atoms with Crippen molar-refractivity contribution < 1.29 is 4.79 Å². The summed E-state index contributed by atoms with van der Waals surface area (Å²) in [5.74, 6) is 0.673. The van der Waals surface area contributed by atoms with Crippen LogP contribution in [0.5, 0.6) is 0 Å². The van der Waals surface area contributed by atoms with Crippen LogP contribution in [0.2, 0.25) is 0 Å². The molecule has 25 heavy (non-hydrogen) atoms. The van der Waals surface area contributed by atoms with E-state index in [9.17, 15) is 4.79 Å². The van der Waals surface area contributed by atoms with Gasteiger partial charge in [-0.1, -0.05) is 54.6 Å². The van der Waals surface area contributed by atoms with Gasteiger partial charge in [0.1, 0.15) is 0 Å². The molecule has 1 heterocycles. The van der Waals surface area contributed by atoms with Gasteiger partial charge in [-0.2, -0.15) is 0 Å². The molecule has 2 N–H and O–H groups in total. The highest BCUT2D eigenvalue weighted by Crippen LogP contribution is 2.29. The highest BCUT2D eigenvalue weighted by molar-refractivity contribution is 5.97. The van der Waals surface area contributed by atoms with Gasteiger partial charge in [0.05, 0.1) is 0 Å². The SMILES string of the molecule is C/C(=C\c1ccccc1)C(=O)N1CCC(c2cccc(CN)c2)CC1. The molecule has 1 aliphatic heterocycles. The van der Waals surface area contributed by atoms with Gasteiger partial charge in [0.2, 0.25) is 5.91 Å². The molecule has 130 valence electrons. The molecule has 0 unspecified atom stereocenters. The van der Waals surface area contributed by atoms with E-state index in [0.29, 0.717) is 12.5 Å². The maximum Gasteiger partial charge on any atom is 0.249 e. The topological polar surface area (TPSA) is 46.3 Å². The minimum Gasteiger partial charge on any atom is -0.339 e. The highest BCUT2D eigenvalue weighted by atomic mass is 16.2. The Labute approximate surface area is 150 Å². The van der Waals surface area contributed by atoms with Crippen molar-refractivity contribution in [3.63, 3.8) is 0 Å². The van der Waals surface area contributed by atoms with E-state index in [-0.39, 0.29) is 5.91 Å². The maximum absolute atomic E-state index is 12.7. The third kappa shape index (κ3) is 4.37. The number of carbonyl (C=O) groups excluding carboxylic acids is 1. The predicted octanol–water partition coefficient (Wildman–Crippen LogP) is 3.95. The summed E-state index contributed by atoms with van der Waals surface area (Å²) in [5, 5.41) is 0. The summed E-state index contributed by atoms with van der Waals surface area (Å²) in [4.78, 5) is 14.7. The number of piperidine rings is 1. The summed E-state index contributed by atoms with van der Waals surface area (Å²) in [7, 11) is 0. The maximum atomic E-state index is 12.7. The van der Waals surface area contributed by atoms with Crippen LogP contribution < -0.4 is 5.73 Å². The van der Waals surface area contributed by atoms with Crippen molar-refractivity contribution in [3.05, 3.63) is 76.9 Å². The largest absolute Gasteiger partial charge is 0.339 e. The van der Waals surface area contributed by atoms with Gasteiger partial charge < -0.3 is 10.6 Å². The van der Waals surface area contributed by atoms with Gasteiger partial charge in [0.25, 0.3) is 0 Å². The van der Waals surface area contributed by atoms with Crippen LogP contribution in [0.15, 0.2) is 60.2 Å². The van der Waals surface area contributed by atoms with Crippen molar-refractivity contribution >= 4 is 12.0 Å². The van der Waals surface area contributed by atoms with E-state index >= 15 is 0 Å². The molecule has 1 amide bonds. The number of rotatable bonds is 4. The molecule has 3 heteroatoms. The van der Waals surface area contributed by atoms with Crippen molar-refractivity contribution in [2.75, 3.05) is 13.1 Å². The number of hydrogen-bond acceptors (Lipinski definition) is 2. The van der Waals surface area contributed by atoms with Crippen LogP contribution in [-0.4, -0.2) is 23.9 Å². The van der Waals surface area contributed by atoms with E-state index < -0.39 is 0 Å². The molecule has 0 aliphatic carbocycles. The first-order valence-electron chi connectivity index (χ1n) is 8.99. The summed E-state index contributed by atoms with van der Waals surface area (Å²) >= 11 is 0. The average Bonchev–Trinajstić information content (AvgIpc) is 2.68. The van der Waals surface area contributed by atoms with Crippen molar-refractivity contribution in [3.8, 4) is 0 Å². The van der Waals surface area contributed by atoms with Gasteiger partial charge in [-0.3, -0.25) is 4.79 Å². The van der Waals surface area contributed by atoms with E-state index in [1.807, 2.05) is 48.2 Å². The summed E-state index contributed by atoms with van der Waals surface area (Å²) in [6.07, 6.45) is 4.00. The van der Waals surface area contributed by atoms with Gasteiger partial charge in [-0.25, -0.2) is 0 Å². The number of hydrogen-bond donors (Lipinski definition) is 1. The molecular weight excluding hydrogens is 308 g/mol. The zero-order chi connectivity index (χ0) is 17.6.